The van der Waals surface area contributed by atoms with Crippen molar-refractivity contribution in [3.63, 3.8) is 0 Å². The Morgan fingerprint density at radius 3 is 0.978 bits per heavy atom. The number of halogens is 3. The lowest BCUT2D eigenvalue weighted by atomic mass is 10.1. The molecule has 0 radical (unpaired) electrons. The van der Waals surface area contributed by atoms with E-state index in [0.717, 1.165) is 50.8 Å². The molecule has 0 unspecified atom stereocenters. The predicted molar refractivity (Wildman–Crippen MR) is 188 cm³/mol. The van der Waals surface area contributed by atoms with Crippen molar-refractivity contribution in [1.82, 2.24) is 0 Å². The Bertz CT molecular complexity index is 1390. The highest BCUT2D eigenvalue weighted by Gasteiger charge is 2.28. The van der Waals surface area contributed by atoms with Crippen LogP contribution in [0.1, 0.15) is 16.7 Å². The molecule has 4 rings (SSSR count). The van der Waals surface area contributed by atoms with E-state index in [1.807, 2.05) is 75.4 Å². The van der Waals surface area contributed by atoms with Crippen LogP contribution >= 0.6 is 34.8 Å². The number of carbonyl (C=O) groups is 3. The van der Waals surface area contributed by atoms with Crippen molar-refractivity contribution in [2.45, 2.75) is 20.8 Å². The molecule has 1 heterocycles. The second-order valence-electron chi connectivity index (χ2n) is 11.2. The maximum Gasteiger partial charge on any atom is 0.241 e. The van der Waals surface area contributed by atoms with Crippen molar-refractivity contribution < 1.29 is 14.4 Å². The summed E-state index contributed by atoms with van der Waals surface area (Å²) in [4.78, 5) is 48.2. The van der Waals surface area contributed by atoms with Crippen LogP contribution in [-0.2, 0) is 14.4 Å². The van der Waals surface area contributed by atoms with Gasteiger partial charge >= 0.3 is 0 Å². The summed E-state index contributed by atoms with van der Waals surface area (Å²) in [5.74, 6) is -0.781. The number of alkyl halides is 3. The summed E-state index contributed by atoms with van der Waals surface area (Å²) in [5, 5.41) is 0. The van der Waals surface area contributed by atoms with Gasteiger partial charge in [-0.3, -0.25) is 14.4 Å². The summed E-state index contributed by atoms with van der Waals surface area (Å²) in [6.07, 6.45) is 0. The fourth-order valence-corrected chi connectivity index (χ4v) is 6.06. The van der Waals surface area contributed by atoms with Crippen molar-refractivity contribution in [1.29, 1.82) is 0 Å². The molecule has 1 aliphatic rings. The van der Waals surface area contributed by atoms with Gasteiger partial charge < -0.3 is 29.4 Å². The molecule has 12 heteroatoms. The molecule has 0 spiro atoms. The van der Waals surface area contributed by atoms with Crippen molar-refractivity contribution in [3.05, 3.63) is 71.3 Å². The van der Waals surface area contributed by atoms with E-state index in [1.165, 1.54) is 0 Å². The average Bonchev–Trinajstić information content (AvgIpc) is 3.05. The van der Waals surface area contributed by atoms with E-state index in [-0.39, 0.29) is 35.4 Å². The molecule has 0 saturated carbocycles. The second-order valence-corrected chi connectivity index (χ2v) is 12.0. The van der Waals surface area contributed by atoms with Crippen molar-refractivity contribution in [2.75, 3.05) is 88.2 Å². The van der Waals surface area contributed by atoms with Crippen LogP contribution in [0.2, 0.25) is 0 Å². The zero-order chi connectivity index (χ0) is 33.0. The van der Waals surface area contributed by atoms with Crippen LogP contribution in [0.15, 0.2) is 54.6 Å². The van der Waals surface area contributed by atoms with Gasteiger partial charge in [0.2, 0.25) is 17.7 Å². The average molecular weight is 674 g/mol. The Hall–Kier alpha value is -3.66. The lowest BCUT2D eigenvalue weighted by Gasteiger charge is -2.46. The predicted octanol–water partition coefficient (Wildman–Crippen LogP) is 5.92. The van der Waals surface area contributed by atoms with Crippen LogP contribution in [0.5, 0.6) is 0 Å². The van der Waals surface area contributed by atoms with Crippen molar-refractivity contribution >= 4 is 86.6 Å². The molecule has 3 amide bonds. The SMILES string of the molecule is Cc1cc(N(C)C(=O)CCl)ccc1N1CN(c2ccc(N(C)C(=O)CCl)cc2C)CN(c2ccc(N(C)C(=O)CCl)cc2C)C1. The fourth-order valence-electron chi connectivity index (χ4n) is 5.52. The lowest BCUT2D eigenvalue weighted by Crippen LogP contribution is -2.56. The van der Waals surface area contributed by atoms with Crippen LogP contribution in [0.4, 0.5) is 34.1 Å². The first kappa shape index (κ1) is 34.2. The topological polar surface area (TPSA) is 70.7 Å². The Morgan fingerprint density at radius 1 is 0.533 bits per heavy atom. The Kier molecular flexibility index (Phi) is 11.1. The Morgan fingerprint density at radius 2 is 0.778 bits per heavy atom. The maximum atomic E-state index is 12.2. The largest absolute Gasteiger partial charge is 0.336 e. The first-order valence-corrected chi connectivity index (χ1v) is 16.0. The van der Waals surface area contributed by atoms with E-state index in [9.17, 15) is 14.4 Å². The fraction of sp³-hybridized carbons (Fsp3) is 0.364. The summed E-state index contributed by atoms with van der Waals surface area (Å²) in [7, 11) is 5.16. The van der Waals surface area contributed by atoms with Gasteiger partial charge in [-0.1, -0.05) is 0 Å². The van der Waals surface area contributed by atoms with E-state index in [0.29, 0.717) is 20.0 Å². The first-order valence-electron chi connectivity index (χ1n) is 14.4. The van der Waals surface area contributed by atoms with Crippen LogP contribution in [0, 0.1) is 20.8 Å². The quantitative estimate of drug-likeness (QED) is 0.263. The molecule has 1 saturated heterocycles. The van der Waals surface area contributed by atoms with Crippen LogP contribution < -0.4 is 29.4 Å². The monoisotopic (exact) mass is 672 g/mol. The first-order chi connectivity index (χ1) is 21.4. The number of benzene rings is 3. The number of hydrogen-bond acceptors (Lipinski definition) is 6. The number of hydrogen-bond donors (Lipinski definition) is 0. The summed E-state index contributed by atoms with van der Waals surface area (Å²) in [6, 6.07) is 17.9. The zero-order valence-corrected chi connectivity index (χ0v) is 28.7. The Balaban J connectivity index is 1.73. The van der Waals surface area contributed by atoms with E-state index >= 15 is 0 Å². The standard InChI is InChI=1S/C33H39Cl3N6O3/c1-22-13-25(37(4)31(43)16-34)7-10-28(22)40-19-41(29-11-8-26(14-23(29)2)38(5)32(44)17-35)21-42(20-40)30-12-9-27(15-24(30)3)39(6)33(45)18-36/h7-15H,16-21H2,1-6H3. The molecule has 1 aliphatic heterocycles. The van der Waals surface area contributed by atoms with Gasteiger partial charge in [-0.2, -0.15) is 0 Å². The van der Waals surface area contributed by atoms with E-state index < -0.39 is 0 Å². The van der Waals surface area contributed by atoms with Crippen molar-refractivity contribution in [2.24, 2.45) is 0 Å². The Labute approximate surface area is 280 Å². The molecule has 3 aromatic rings. The summed E-state index contributed by atoms with van der Waals surface area (Å²) in [5.41, 5.74) is 8.47. The number of aryl methyl sites for hydroxylation is 3. The molecule has 1 fully saturated rings. The molecule has 0 aliphatic carbocycles. The molecular formula is C33H39Cl3N6O3. The highest BCUT2D eigenvalue weighted by Crippen LogP contribution is 2.34. The van der Waals surface area contributed by atoms with Crippen molar-refractivity contribution in [3.8, 4) is 0 Å². The second kappa shape index (κ2) is 14.6. The summed E-state index contributed by atoms with van der Waals surface area (Å²) in [6.45, 7) is 7.92. The smallest absolute Gasteiger partial charge is 0.241 e. The highest BCUT2D eigenvalue weighted by atomic mass is 35.5. The molecule has 0 atom stereocenters. The number of anilines is 6. The maximum absolute atomic E-state index is 12.2. The highest BCUT2D eigenvalue weighted by molar-refractivity contribution is 6.30. The molecule has 3 aromatic carbocycles. The van der Waals surface area contributed by atoms with Crippen LogP contribution in [-0.4, -0.2) is 76.5 Å². The summed E-state index contributed by atoms with van der Waals surface area (Å²) < 4.78 is 0. The molecule has 0 aromatic heterocycles. The van der Waals surface area contributed by atoms with E-state index in [1.54, 1.807) is 35.8 Å². The third-order valence-electron chi connectivity index (χ3n) is 8.21. The molecule has 0 bridgehead atoms. The molecule has 0 N–H and O–H groups in total. The number of rotatable bonds is 9. The number of amides is 3. The van der Waals surface area contributed by atoms with Gasteiger partial charge in [0.05, 0.1) is 20.0 Å². The van der Waals surface area contributed by atoms with Gasteiger partial charge in [0.25, 0.3) is 0 Å². The number of nitrogens with zero attached hydrogens (tertiary/aromatic N) is 6. The van der Waals surface area contributed by atoms with Gasteiger partial charge in [-0.15, -0.1) is 34.8 Å². The normalized spacial score (nSPS) is 13.1. The van der Waals surface area contributed by atoms with Crippen LogP contribution in [0.25, 0.3) is 0 Å². The molecule has 45 heavy (non-hydrogen) atoms. The summed E-state index contributed by atoms with van der Waals surface area (Å²) >= 11 is 17.4. The molecular weight excluding hydrogens is 635 g/mol. The van der Waals surface area contributed by atoms with Gasteiger partial charge in [0, 0.05) is 55.3 Å². The van der Waals surface area contributed by atoms with Gasteiger partial charge in [-0.05, 0) is 92.1 Å². The molecule has 9 nitrogen and oxygen atoms in total. The van der Waals surface area contributed by atoms with Crippen LogP contribution in [0.3, 0.4) is 0 Å². The van der Waals surface area contributed by atoms with E-state index in [2.05, 4.69) is 14.7 Å². The third-order valence-corrected chi connectivity index (χ3v) is 8.90. The lowest BCUT2D eigenvalue weighted by molar-refractivity contribution is -0.116. The minimum atomic E-state index is -0.172. The third kappa shape index (κ3) is 7.43. The zero-order valence-electron chi connectivity index (χ0n) is 26.5. The molecule has 240 valence electrons. The van der Waals surface area contributed by atoms with Gasteiger partial charge in [0.1, 0.15) is 17.6 Å². The van der Waals surface area contributed by atoms with Gasteiger partial charge in [0.15, 0.2) is 0 Å². The van der Waals surface area contributed by atoms with Gasteiger partial charge in [-0.25, -0.2) is 0 Å². The minimum absolute atomic E-state index is 0.0880. The number of carbonyl (C=O) groups excluding carboxylic acids is 3. The van der Waals surface area contributed by atoms with E-state index in [4.69, 9.17) is 34.8 Å². The minimum Gasteiger partial charge on any atom is -0.336 e.